The van der Waals surface area contributed by atoms with Crippen molar-refractivity contribution in [3.05, 3.63) is 36.3 Å². The Balaban J connectivity index is 0.00000264. The summed E-state index contributed by atoms with van der Waals surface area (Å²) in [6.45, 7) is 5.21. The second kappa shape index (κ2) is 11.2. The number of ether oxygens (including phenoxy) is 1. The molecular formula is C16H26IN5O. The quantitative estimate of drug-likeness (QED) is 0.291. The lowest BCUT2D eigenvalue weighted by atomic mass is 10.3. The van der Waals surface area contributed by atoms with Crippen molar-refractivity contribution in [3.8, 4) is 0 Å². The normalized spacial score (nSPS) is 11.3. The Hall–Kier alpha value is -1.35. The number of hydrogen-bond donors (Lipinski definition) is 2. The van der Waals surface area contributed by atoms with E-state index in [1.54, 1.807) is 7.05 Å². The molecular weight excluding hydrogens is 405 g/mol. The van der Waals surface area contributed by atoms with Crippen LogP contribution >= 0.6 is 24.0 Å². The molecule has 2 aromatic heterocycles. The minimum atomic E-state index is 0. The Labute approximate surface area is 154 Å². The number of halogens is 1. The lowest BCUT2D eigenvalue weighted by molar-refractivity contribution is 0.145. The van der Waals surface area contributed by atoms with Gasteiger partial charge in [-0.25, -0.2) is 4.98 Å². The first kappa shape index (κ1) is 19.7. The van der Waals surface area contributed by atoms with Crippen LogP contribution in [0, 0.1) is 0 Å². The molecule has 0 amide bonds. The van der Waals surface area contributed by atoms with Crippen LogP contribution in [0.2, 0.25) is 0 Å². The Morgan fingerprint density at radius 2 is 2.13 bits per heavy atom. The van der Waals surface area contributed by atoms with Crippen LogP contribution in [-0.4, -0.2) is 48.7 Å². The minimum Gasteiger partial charge on any atom is -0.382 e. The van der Waals surface area contributed by atoms with Crippen molar-refractivity contribution in [2.75, 3.05) is 33.4 Å². The van der Waals surface area contributed by atoms with Gasteiger partial charge in [-0.1, -0.05) is 6.07 Å². The molecule has 2 N–H and O–H groups in total. The molecule has 2 heterocycles. The van der Waals surface area contributed by atoms with E-state index >= 15 is 0 Å². The minimum absolute atomic E-state index is 0. The number of imidazole rings is 1. The predicted octanol–water partition coefficient (Wildman–Crippen LogP) is 2.09. The van der Waals surface area contributed by atoms with Gasteiger partial charge in [0.1, 0.15) is 5.65 Å². The Morgan fingerprint density at radius 3 is 2.87 bits per heavy atom. The van der Waals surface area contributed by atoms with E-state index in [4.69, 9.17) is 4.74 Å². The van der Waals surface area contributed by atoms with Crippen LogP contribution in [0.25, 0.3) is 5.65 Å². The fourth-order valence-electron chi connectivity index (χ4n) is 2.16. The van der Waals surface area contributed by atoms with Gasteiger partial charge in [-0.05, 0) is 25.5 Å². The molecule has 0 fully saturated rings. The molecule has 2 aromatic rings. The summed E-state index contributed by atoms with van der Waals surface area (Å²) in [7, 11) is 1.78. The van der Waals surface area contributed by atoms with Crippen molar-refractivity contribution in [2.45, 2.75) is 19.8 Å². The summed E-state index contributed by atoms with van der Waals surface area (Å²) >= 11 is 0. The molecule has 0 saturated carbocycles. The van der Waals surface area contributed by atoms with E-state index < -0.39 is 0 Å². The monoisotopic (exact) mass is 431 g/mol. The summed E-state index contributed by atoms with van der Waals surface area (Å²) in [6.07, 6.45) is 5.91. The third-order valence-electron chi connectivity index (χ3n) is 3.27. The molecule has 2 rings (SSSR count). The van der Waals surface area contributed by atoms with Gasteiger partial charge in [0.05, 0.1) is 5.69 Å². The van der Waals surface area contributed by atoms with E-state index in [9.17, 15) is 0 Å². The van der Waals surface area contributed by atoms with Crippen LogP contribution < -0.4 is 10.6 Å². The van der Waals surface area contributed by atoms with Crippen LogP contribution in [0.3, 0.4) is 0 Å². The fourth-order valence-corrected chi connectivity index (χ4v) is 2.16. The third-order valence-corrected chi connectivity index (χ3v) is 3.27. The van der Waals surface area contributed by atoms with E-state index in [-0.39, 0.29) is 24.0 Å². The molecule has 23 heavy (non-hydrogen) atoms. The number of aromatic nitrogens is 2. The second-order valence-electron chi connectivity index (χ2n) is 4.92. The van der Waals surface area contributed by atoms with Crippen molar-refractivity contribution in [2.24, 2.45) is 4.99 Å². The van der Waals surface area contributed by atoms with Gasteiger partial charge in [0, 0.05) is 52.2 Å². The number of rotatable bonds is 8. The van der Waals surface area contributed by atoms with Gasteiger partial charge in [0.25, 0.3) is 0 Å². The van der Waals surface area contributed by atoms with Crippen molar-refractivity contribution >= 4 is 35.6 Å². The van der Waals surface area contributed by atoms with Crippen molar-refractivity contribution in [1.82, 2.24) is 20.0 Å². The zero-order valence-corrected chi connectivity index (χ0v) is 16.1. The van der Waals surface area contributed by atoms with Gasteiger partial charge in [-0.2, -0.15) is 0 Å². The maximum absolute atomic E-state index is 5.31. The van der Waals surface area contributed by atoms with Gasteiger partial charge in [-0.15, -0.1) is 24.0 Å². The highest BCUT2D eigenvalue weighted by atomic mass is 127. The van der Waals surface area contributed by atoms with Gasteiger partial charge in [0.2, 0.25) is 0 Å². The molecule has 0 aliphatic rings. The average molecular weight is 431 g/mol. The van der Waals surface area contributed by atoms with Crippen LogP contribution in [0.5, 0.6) is 0 Å². The number of aliphatic imine (C=N–C) groups is 1. The number of nitrogens with one attached hydrogen (secondary N) is 2. The first-order valence-corrected chi connectivity index (χ1v) is 7.78. The molecule has 0 aliphatic heterocycles. The maximum atomic E-state index is 5.31. The van der Waals surface area contributed by atoms with Crippen molar-refractivity contribution in [3.63, 3.8) is 0 Å². The number of nitrogens with zero attached hydrogens (tertiary/aromatic N) is 3. The summed E-state index contributed by atoms with van der Waals surface area (Å²) in [6, 6.07) is 6.01. The van der Waals surface area contributed by atoms with E-state index in [0.29, 0.717) is 0 Å². The molecule has 6 nitrogen and oxygen atoms in total. The number of fused-ring (bicyclic) bond motifs is 1. The zero-order chi connectivity index (χ0) is 15.6. The van der Waals surface area contributed by atoms with Crippen molar-refractivity contribution < 1.29 is 4.74 Å². The topological polar surface area (TPSA) is 63.0 Å². The van der Waals surface area contributed by atoms with E-state index in [2.05, 4.69) is 26.8 Å². The Morgan fingerprint density at radius 1 is 1.30 bits per heavy atom. The van der Waals surface area contributed by atoms with Gasteiger partial charge in [-0.3, -0.25) is 4.99 Å². The van der Waals surface area contributed by atoms with Crippen LogP contribution in [0.4, 0.5) is 0 Å². The summed E-state index contributed by atoms with van der Waals surface area (Å²) in [5.74, 6) is 0.820. The third kappa shape index (κ3) is 6.74. The smallest absolute Gasteiger partial charge is 0.190 e. The summed E-state index contributed by atoms with van der Waals surface area (Å²) in [4.78, 5) is 8.79. The Kier molecular flexibility index (Phi) is 9.61. The average Bonchev–Trinajstić information content (AvgIpc) is 2.95. The lowest BCUT2D eigenvalue weighted by Gasteiger charge is -2.11. The van der Waals surface area contributed by atoms with Gasteiger partial charge in [0.15, 0.2) is 5.96 Å². The highest BCUT2D eigenvalue weighted by Crippen LogP contribution is 2.04. The molecule has 7 heteroatoms. The van der Waals surface area contributed by atoms with Crippen molar-refractivity contribution in [1.29, 1.82) is 0 Å². The second-order valence-corrected chi connectivity index (χ2v) is 4.92. The molecule has 0 aliphatic carbocycles. The van der Waals surface area contributed by atoms with E-state index in [0.717, 1.165) is 56.4 Å². The van der Waals surface area contributed by atoms with Crippen LogP contribution in [-0.2, 0) is 11.2 Å². The highest BCUT2D eigenvalue weighted by Gasteiger charge is 2.02. The summed E-state index contributed by atoms with van der Waals surface area (Å²) < 4.78 is 7.34. The lowest BCUT2D eigenvalue weighted by Crippen LogP contribution is -2.39. The van der Waals surface area contributed by atoms with Crippen LogP contribution in [0.1, 0.15) is 19.0 Å². The number of guanidine groups is 1. The number of pyridine rings is 1. The van der Waals surface area contributed by atoms with E-state index in [1.165, 1.54) is 0 Å². The van der Waals surface area contributed by atoms with Crippen LogP contribution in [0.15, 0.2) is 35.6 Å². The standard InChI is InChI=1S/C16H25N5O.HI/c1-3-22-12-6-9-18-16(17-2)19-10-8-14-13-21-11-5-4-7-15(21)20-14;/h4-5,7,11,13H,3,6,8-10,12H2,1-2H3,(H2,17,18,19);1H. The van der Waals surface area contributed by atoms with Gasteiger partial charge >= 0.3 is 0 Å². The Bertz CT molecular complexity index is 566. The predicted molar refractivity (Wildman–Crippen MR) is 105 cm³/mol. The largest absolute Gasteiger partial charge is 0.382 e. The molecule has 0 aromatic carbocycles. The summed E-state index contributed by atoms with van der Waals surface area (Å²) in [5.41, 5.74) is 2.06. The fraction of sp³-hybridized carbons (Fsp3) is 0.500. The maximum Gasteiger partial charge on any atom is 0.190 e. The molecule has 0 atom stereocenters. The SMILES string of the molecule is CCOCCCNC(=NC)NCCc1cn2ccccc2n1.I. The van der Waals surface area contributed by atoms with Gasteiger partial charge < -0.3 is 19.8 Å². The van der Waals surface area contributed by atoms with E-state index in [1.807, 2.05) is 35.7 Å². The highest BCUT2D eigenvalue weighted by molar-refractivity contribution is 14.0. The zero-order valence-electron chi connectivity index (χ0n) is 13.8. The molecule has 0 bridgehead atoms. The summed E-state index contributed by atoms with van der Waals surface area (Å²) in [5, 5.41) is 6.58. The first-order chi connectivity index (χ1) is 10.8. The first-order valence-electron chi connectivity index (χ1n) is 7.78. The number of hydrogen-bond acceptors (Lipinski definition) is 3. The molecule has 128 valence electrons. The molecule has 0 unspecified atom stereocenters. The molecule has 0 saturated heterocycles. The molecule has 0 spiro atoms. The molecule has 0 radical (unpaired) electrons.